The molecule has 5 heteroatoms. The fourth-order valence-electron chi connectivity index (χ4n) is 10.1. The van der Waals surface area contributed by atoms with E-state index in [1.807, 2.05) is 0 Å². The molecule has 0 aliphatic carbocycles. The molecule has 0 unspecified atom stereocenters. The summed E-state index contributed by atoms with van der Waals surface area (Å²) >= 11 is 0. The van der Waals surface area contributed by atoms with Crippen LogP contribution in [0.25, 0.3) is 137 Å². The van der Waals surface area contributed by atoms with Crippen LogP contribution in [0.15, 0.2) is 211 Å². The molecular weight excluding hydrogens is 781 g/mol. The van der Waals surface area contributed by atoms with E-state index in [1.165, 1.54) is 48.7 Å². The number of furan rings is 1. The zero-order valence-corrected chi connectivity index (χ0v) is 34.3. The lowest BCUT2D eigenvalue weighted by Gasteiger charge is -2.11. The topological polar surface area (TPSA) is 56.7 Å². The summed E-state index contributed by atoms with van der Waals surface area (Å²) in [5.41, 5.74) is 7.86. The summed E-state index contributed by atoms with van der Waals surface area (Å²) in [5, 5.41) is 16.3. The first-order valence-electron chi connectivity index (χ1n) is 21.7. The molecule has 0 saturated heterocycles. The van der Waals surface area contributed by atoms with Gasteiger partial charge in [-0.1, -0.05) is 146 Å². The zero-order chi connectivity index (χ0) is 41.9. The summed E-state index contributed by atoms with van der Waals surface area (Å²) in [6.07, 6.45) is 0. The number of rotatable bonds is 4. The minimum absolute atomic E-state index is 0.600. The van der Waals surface area contributed by atoms with Crippen molar-refractivity contribution >= 4 is 97.6 Å². The predicted octanol–water partition coefficient (Wildman–Crippen LogP) is 15.6. The van der Waals surface area contributed by atoms with Crippen LogP contribution in [0, 0.1) is 0 Å². The van der Waals surface area contributed by atoms with Crippen LogP contribution >= 0.6 is 0 Å². The summed E-state index contributed by atoms with van der Waals surface area (Å²) in [6, 6.07) is 73.5. The van der Waals surface area contributed by atoms with E-state index in [0.717, 1.165) is 71.2 Å². The summed E-state index contributed by atoms with van der Waals surface area (Å²) in [6.45, 7) is 0. The Labute approximate surface area is 366 Å². The van der Waals surface area contributed by atoms with Crippen molar-refractivity contribution in [1.29, 1.82) is 0 Å². The molecule has 3 heterocycles. The van der Waals surface area contributed by atoms with Crippen molar-refractivity contribution in [2.24, 2.45) is 0 Å². The highest BCUT2D eigenvalue weighted by molar-refractivity contribution is 6.24. The third-order valence-electron chi connectivity index (χ3n) is 13.1. The van der Waals surface area contributed by atoms with Crippen molar-refractivity contribution < 1.29 is 4.42 Å². The Morgan fingerprint density at radius 1 is 0.312 bits per heavy atom. The number of benzene rings is 11. The van der Waals surface area contributed by atoms with E-state index in [0.29, 0.717) is 17.5 Å². The highest BCUT2D eigenvalue weighted by atomic mass is 16.3. The third-order valence-corrected chi connectivity index (χ3v) is 13.1. The van der Waals surface area contributed by atoms with Gasteiger partial charge in [-0.3, -0.25) is 0 Å². The Kier molecular flexibility index (Phi) is 7.33. The van der Waals surface area contributed by atoms with Gasteiger partial charge in [-0.15, -0.1) is 0 Å². The van der Waals surface area contributed by atoms with Gasteiger partial charge in [0.25, 0.3) is 0 Å². The molecule has 5 nitrogen and oxygen atoms in total. The van der Waals surface area contributed by atoms with Crippen LogP contribution in [0.1, 0.15) is 0 Å². The normalized spacial score (nSPS) is 12.1. The monoisotopic (exact) mass is 814 g/mol. The van der Waals surface area contributed by atoms with Gasteiger partial charge in [0.1, 0.15) is 11.2 Å². The second-order valence-electron chi connectivity index (χ2n) is 16.8. The van der Waals surface area contributed by atoms with Crippen LogP contribution in [0.2, 0.25) is 0 Å². The third kappa shape index (κ3) is 5.28. The van der Waals surface area contributed by atoms with E-state index in [-0.39, 0.29) is 0 Å². The van der Waals surface area contributed by atoms with Crippen molar-refractivity contribution in [1.82, 2.24) is 19.5 Å². The van der Waals surface area contributed by atoms with E-state index in [9.17, 15) is 0 Å². The molecule has 0 aliphatic heterocycles. The Bertz CT molecular complexity index is 4270. The second kappa shape index (κ2) is 13.4. The number of nitrogens with zero attached hydrogens (tertiary/aromatic N) is 4. The van der Waals surface area contributed by atoms with Gasteiger partial charge >= 0.3 is 0 Å². The van der Waals surface area contributed by atoms with Gasteiger partial charge < -0.3 is 8.98 Å². The smallest absolute Gasteiger partial charge is 0.164 e. The molecule has 64 heavy (non-hydrogen) atoms. The Hall–Kier alpha value is -8.67. The van der Waals surface area contributed by atoms with Crippen LogP contribution in [0.3, 0.4) is 0 Å². The highest BCUT2D eigenvalue weighted by Crippen LogP contribution is 2.42. The van der Waals surface area contributed by atoms with Crippen molar-refractivity contribution in [2.75, 3.05) is 0 Å². The molecular formula is C59H34N4O. The first-order valence-corrected chi connectivity index (χ1v) is 21.7. The maximum absolute atomic E-state index is 6.63. The lowest BCUT2D eigenvalue weighted by molar-refractivity contribution is 0.669. The van der Waals surface area contributed by atoms with Crippen molar-refractivity contribution in [3.63, 3.8) is 0 Å². The molecule has 0 fully saturated rings. The molecule has 0 aliphatic rings. The number of hydrogen-bond donors (Lipinski definition) is 0. The Balaban J connectivity index is 0.997. The zero-order valence-electron chi connectivity index (χ0n) is 34.3. The molecule has 14 rings (SSSR count). The van der Waals surface area contributed by atoms with Crippen molar-refractivity contribution in [3.8, 4) is 39.9 Å². The summed E-state index contributed by atoms with van der Waals surface area (Å²) in [5.74, 6) is 1.85. The Morgan fingerprint density at radius 3 is 1.72 bits per heavy atom. The summed E-state index contributed by atoms with van der Waals surface area (Å²) in [4.78, 5) is 15.6. The lowest BCUT2D eigenvalue weighted by Crippen LogP contribution is -2.00. The average Bonchev–Trinajstić information content (AvgIpc) is 3.90. The van der Waals surface area contributed by atoms with Crippen LogP contribution in [0.5, 0.6) is 0 Å². The van der Waals surface area contributed by atoms with Crippen molar-refractivity contribution in [2.45, 2.75) is 0 Å². The first-order chi connectivity index (χ1) is 31.7. The molecule has 0 radical (unpaired) electrons. The van der Waals surface area contributed by atoms with Gasteiger partial charge in [-0.05, 0) is 115 Å². The summed E-state index contributed by atoms with van der Waals surface area (Å²) < 4.78 is 9.07. The van der Waals surface area contributed by atoms with Gasteiger partial charge in [0.05, 0.1) is 11.0 Å². The van der Waals surface area contributed by atoms with Crippen LogP contribution in [-0.4, -0.2) is 19.5 Å². The molecule has 14 aromatic rings. The maximum atomic E-state index is 6.63. The molecule has 296 valence electrons. The Morgan fingerprint density at radius 2 is 0.891 bits per heavy atom. The number of hydrogen-bond acceptors (Lipinski definition) is 4. The quantitative estimate of drug-likeness (QED) is 0.178. The van der Waals surface area contributed by atoms with Gasteiger partial charge in [0.2, 0.25) is 0 Å². The molecule has 3 aromatic heterocycles. The average molecular weight is 815 g/mol. The standard InChI is InChI=1S/C59H34N4O/c1-2-13-39-30-42(21-20-35(39)10-1)57-60-58(62-59(61-57)47-19-9-16-36-11-5-7-17-45(36)47)43-25-28-53-50(32-43)56-48-34-44(26-22-38(48)24-29-54(56)64-53)63-51-27-23-37-12-6-8-18-46(37)55(51)49-31-40-14-3-4-15-41(40)33-52(49)63/h1-34H. The molecule has 11 aromatic carbocycles. The molecule has 0 atom stereocenters. The minimum atomic E-state index is 0.600. The fourth-order valence-corrected chi connectivity index (χ4v) is 10.1. The SMILES string of the molecule is c1ccc2cc(-c3nc(-c4ccc5oc6ccc7ccc(-n8c9cc%10ccccc%10cc9c9c%10ccccc%10ccc98)cc7c6c5c4)nc(-c4cccc5ccccc45)n3)ccc2c1. The number of fused-ring (bicyclic) bond motifs is 13. The largest absolute Gasteiger partial charge is 0.456 e. The molecule has 0 N–H and O–H groups in total. The van der Waals surface area contributed by atoms with Gasteiger partial charge in [-0.2, -0.15) is 0 Å². The van der Waals surface area contributed by atoms with Crippen LogP contribution < -0.4 is 0 Å². The van der Waals surface area contributed by atoms with Gasteiger partial charge in [-0.25, -0.2) is 15.0 Å². The first kappa shape index (κ1) is 35.0. The van der Waals surface area contributed by atoms with Crippen LogP contribution in [0.4, 0.5) is 0 Å². The molecule has 0 saturated carbocycles. The highest BCUT2D eigenvalue weighted by Gasteiger charge is 2.20. The van der Waals surface area contributed by atoms with Gasteiger partial charge in [0, 0.05) is 43.9 Å². The predicted molar refractivity (Wildman–Crippen MR) is 265 cm³/mol. The van der Waals surface area contributed by atoms with E-state index in [2.05, 4.69) is 211 Å². The molecule has 0 bridgehead atoms. The van der Waals surface area contributed by atoms with E-state index >= 15 is 0 Å². The van der Waals surface area contributed by atoms with E-state index in [1.54, 1.807) is 0 Å². The number of aromatic nitrogens is 4. The van der Waals surface area contributed by atoms with Crippen LogP contribution in [-0.2, 0) is 0 Å². The minimum Gasteiger partial charge on any atom is -0.456 e. The fraction of sp³-hybridized carbons (Fsp3) is 0. The molecule has 0 spiro atoms. The van der Waals surface area contributed by atoms with Gasteiger partial charge in [0.15, 0.2) is 17.5 Å². The maximum Gasteiger partial charge on any atom is 0.164 e. The lowest BCUT2D eigenvalue weighted by atomic mass is 10.0. The van der Waals surface area contributed by atoms with E-state index < -0.39 is 0 Å². The summed E-state index contributed by atoms with van der Waals surface area (Å²) in [7, 11) is 0. The molecule has 0 amide bonds. The van der Waals surface area contributed by atoms with Crippen molar-refractivity contribution in [3.05, 3.63) is 206 Å². The second-order valence-corrected chi connectivity index (χ2v) is 16.8. The van der Waals surface area contributed by atoms with E-state index in [4.69, 9.17) is 19.4 Å².